The quantitative estimate of drug-likeness (QED) is 0.303. The summed E-state index contributed by atoms with van der Waals surface area (Å²) in [6.07, 6.45) is 4.11. The van der Waals surface area contributed by atoms with Gasteiger partial charge in [0.2, 0.25) is 5.91 Å². The van der Waals surface area contributed by atoms with Gasteiger partial charge < -0.3 is 15.0 Å². The van der Waals surface area contributed by atoms with Crippen LogP contribution in [0.3, 0.4) is 0 Å². The van der Waals surface area contributed by atoms with E-state index in [9.17, 15) is 14.4 Å². The summed E-state index contributed by atoms with van der Waals surface area (Å²) in [5.41, 5.74) is 3.75. The number of hydrogen-bond acceptors (Lipinski definition) is 7. The van der Waals surface area contributed by atoms with E-state index in [0.29, 0.717) is 35.9 Å². The van der Waals surface area contributed by atoms with Crippen LogP contribution in [0.4, 0.5) is 15.6 Å². The van der Waals surface area contributed by atoms with Crippen molar-refractivity contribution >= 4 is 40.1 Å². The van der Waals surface area contributed by atoms with Crippen molar-refractivity contribution in [2.75, 3.05) is 23.3 Å². The number of pyridine rings is 1. The average molecular weight is 556 g/mol. The first-order chi connectivity index (χ1) is 19.5. The summed E-state index contributed by atoms with van der Waals surface area (Å²) in [6, 6.07) is 19.7. The maximum atomic E-state index is 13.1. The Morgan fingerprint density at radius 2 is 1.80 bits per heavy atom. The van der Waals surface area contributed by atoms with Crippen molar-refractivity contribution in [2.45, 2.75) is 32.4 Å². The minimum atomic E-state index is -0.608. The van der Waals surface area contributed by atoms with Crippen molar-refractivity contribution in [2.24, 2.45) is 0 Å². The summed E-state index contributed by atoms with van der Waals surface area (Å²) >= 11 is 1.31. The summed E-state index contributed by atoms with van der Waals surface area (Å²) in [4.78, 5) is 50.5. The summed E-state index contributed by atoms with van der Waals surface area (Å²) < 4.78 is 5.44. The van der Waals surface area contributed by atoms with Gasteiger partial charge >= 0.3 is 6.09 Å². The van der Waals surface area contributed by atoms with Gasteiger partial charge in [0.25, 0.3) is 5.91 Å². The number of aromatic nitrogens is 2. The monoisotopic (exact) mass is 555 g/mol. The van der Waals surface area contributed by atoms with E-state index in [4.69, 9.17) is 4.74 Å². The molecule has 1 saturated heterocycles. The Labute approximate surface area is 236 Å². The SMILES string of the molecule is CCN(C(=O)c1ccc(-c2csc(NC(=O)C3CCCN3C(=O)OCc3ccccc3)n2)cc1)c1ccncc1. The van der Waals surface area contributed by atoms with Crippen LogP contribution in [0.1, 0.15) is 35.7 Å². The minimum absolute atomic E-state index is 0.102. The first-order valence-corrected chi connectivity index (χ1v) is 14.0. The van der Waals surface area contributed by atoms with Crippen LogP contribution in [0.25, 0.3) is 11.3 Å². The van der Waals surface area contributed by atoms with Gasteiger partial charge in [-0.05, 0) is 49.6 Å². The van der Waals surface area contributed by atoms with Crippen LogP contribution in [0.5, 0.6) is 0 Å². The van der Waals surface area contributed by atoms with Crippen LogP contribution in [-0.4, -0.2) is 51.9 Å². The summed E-state index contributed by atoms with van der Waals surface area (Å²) in [7, 11) is 0. The number of likely N-dealkylation sites (tertiary alicyclic amines) is 1. The van der Waals surface area contributed by atoms with E-state index in [-0.39, 0.29) is 18.4 Å². The lowest BCUT2D eigenvalue weighted by atomic mass is 10.1. The van der Waals surface area contributed by atoms with Crippen molar-refractivity contribution in [3.05, 3.63) is 95.6 Å². The lowest BCUT2D eigenvalue weighted by Crippen LogP contribution is -2.43. The van der Waals surface area contributed by atoms with Gasteiger partial charge in [-0.1, -0.05) is 42.5 Å². The molecule has 0 radical (unpaired) electrons. The summed E-state index contributed by atoms with van der Waals surface area (Å²) in [6.45, 7) is 3.08. The minimum Gasteiger partial charge on any atom is -0.445 e. The van der Waals surface area contributed by atoms with E-state index in [1.807, 2.05) is 54.8 Å². The lowest BCUT2D eigenvalue weighted by molar-refractivity contribution is -0.120. The van der Waals surface area contributed by atoms with Crippen LogP contribution in [0.15, 0.2) is 84.5 Å². The van der Waals surface area contributed by atoms with Gasteiger partial charge in [-0.2, -0.15) is 0 Å². The molecule has 1 aliphatic rings. The molecule has 4 aromatic rings. The number of thiazole rings is 1. The summed E-state index contributed by atoms with van der Waals surface area (Å²) in [5.74, 6) is -0.387. The number of ether oxygens (including phenoxy) is 1. The third kappa shape index (κ3) is 6.18. The van der Waals surface area contributed by atoms with Crippen LogP contribution < -0.4 is 10.2 Å². The largest absolute Gasteiger partial charge is 0.445 e. The van der Waals surface area contributed by atoms with Gasteiger partial charge in [-0.15, -0.1) is 11.3 Å². The fourth-order valence-electron chi connectivity index (χ4n) is 4.62. The fourth-order valence-corrected chi connectivity index (χ4v) is 5.34. The van der Waals surface area contributed by atoms with Crippen LogP contribution in [0, 0.1) is 0 Å². The Morgan fingerprint density at radius 3 is 2.52 bits per heavy atom. The number of amides is 3. The number of carbonyl (C=O) groups excluding carboxylic acids is 3. The molecule has 5 rings (SSSR count). The second-order valence-corrected chi connectivity index (χ2v) is 10.1. The molecule has 1 fully saturated rings. The van der Waals surface area contributed by atoms with Gasteiger partial charge in [0.05, 0.1) is 5.69 Å². The number of carbonyl (C=O) groups is 3. The highest BCUT2D eigenvalue weighted by Crippen LogP contribution is 2.27. The molecule has 1 unspecified atom stereocenters. The predicted molar refractivity (Wildman–Crippen MR) is 154 cm³/mol. The highest BCUT2D eigenvalue weighted by Gasteiger charge is 2.35. The smallest absolute Gasteiger partial charge is 0.410 e. The molecule has 2 aromatic heterocycles. The molecule has 0 bridgehead atoms. The van der Waals surface area contributed by atoms with Crippen molar-refractivity contribution in [3.8, 4) is 11.3 Å². The van der Waals surface area contributed by atoms with Gasteiger partial charge in [-0.3, -0.25) is 19.5 Å². The van der Waals surface area contributed by atoms with Gasteiger partial charge in [0.1, 0.15) is 12.6 Å². The third-order valence-corrected chi connectivity index (χ3v) is 7.45. The van der Waals surface area contributed by atoms with E-state index < -0.39 is 12.1 Å². The maximum Gasteiger partial charge on any atom is 0.410 e. The molecular formula is C30H29N5O4S. The molecular weight excluding hydrogens is 526 g/mol. The lowest BCUT2D eigenvalue weighted by Gasteiger charge is -2.22. The number of rotatable bonds is 8. The van der Waals surface area contributed by atoms with E-state index >= 15 is 0 Å². The first-order valence-electron chi connectivity index (χ1n) is 13.1. The predicted octanol–water partition coefficient (Wildman–Crippen LogP) is 5.61. The first kappa shape index (κ1) is 27.0. The zero-order valence-corrected chi connectivity index (χ0v) is 22.8. The Balaban J connectivity index is 1.19. The third-order valence-electron chi connectivity index (χ3n) is 6.69. The highest BCUT2D eigenvalue weighted by molar-refractivity contribution is 7.14. The molecule has 204 valence electrons. The molecule has 1 atom stereocenters. The number of hydrogen-bond donors (Lipinski definition) is 1. The molecule has 1 N–H and O–H groups in total. The fraction of sp³-hybridized carbons (Fsp3) is 0.233. The van der Waals surface area contributed by atoms with Crippen molar-refractivity contribution in [1.29, 1.82) is 0 Å². The number of nitrogens with zero attached hydrogens (tertiary/aromatic N) is 4. The van der Waals surface area contributed by atoms with E-state index in [1.54, 1.807) is 41.6 Å². The molecule has 9 nitrogen and oxygen atoms in total. The Kier molecular flexibility index (Phi) is 8.46. The van der Waals surface area contributed by atoms with Crippen LogP contribution >= 0.6 is 11.3 Å². The normalized spacial score (nSPS) is 14.5. The zero-order chi connectivity index (χ0) is 27.9. The van der Waals surface area contributed by atoms with Gasteiger partial charge in [-0.25, -0.2) is 9.78 Å². The standard InChI is InChI=1S/C30H29N5O4S/c1-2-34(24-14-16-31-17-15-24)28(37)23-12-10-22(11-13-23)25-20-40-29(32-25)33-27(36)26-9-6-18-35(26)30(38)39-19-21-7-4-3-5-8-21/h3-5,7-8,10-17,20,26H,2,6,9,18-19H2,1H3,(H,32,33,36). The highest BCUT2D eigenvalue weighted by atomic mass is 32.1. The molecule has 10 heteroatoms. The van der Waals surface area contributed by atoms with E-state index in [1.165, 1.54) is 16.2 Å². The number of nitrogens with one attached hydrogen (secondary N) is 1. The zero-order valence-electron chi connectivity index (χ0n) is 22.0. The second-order valence-electron chi connectivity index (χ2n) is 9.25. The van der Waals surface area contributed by atoms with Crippen molar-refractivity contribution < 1.29 is 19.1 Å². The molecule has 40 heavy (non-hydrogen) atoms. The molecule has 1 aliphatic heterocycles. The van der Waals surface area contributed by atoms with Crippen LogP contribution in [0.2, 0.25) is 0 Å². The molecule has 0 aliphatic carbocycles. The van der Waals surface area contributed by atoms with Crippen molar-refractivity contribution in [1.82, 2.24) is 14.9 Å². The molecule has 0 saturated carbocycles. The Morgan fingerprint density at radius 1 is 1.05 bits per heavy atom. The Bertz CT molecular complexity index is 1460. The topological polar surface area (TPSA) is 105 Å². The molecule has 3 heterocycles. The molecule has 2 aromatic carbocycles. The maximum absolute atomic E-state index is 13.1. The molecule has 0 spiro atoms. The van der Waals surface area contributed by atoms with Gasteiger partial charge in [0.15, 0.2) is 5.13 Å². The number of anilines is 2. The Hall–Kier alpha value is -4.57. The van der Waals surface area contributed by atoms with E-state index in [2.05, 4.69) is 15.3 Å². The van der Waals surface area contributed by atoms with Gasteiger partial charge in [0, 0.05) is 47.7 Å². The van der Waals surface area contributed by atoms with Crippen molar-refractivity contribution in [3.63, 3.8) is 0 Å². The number of benzene rings is 2. The molecule has 3 amide bonds. The van der Waals surface area contributed by atoms with Crippen LogP contribution in [-0.2, 0) is 16.1 Å². The average Bonchev–Trinajstić information content (AvgIpc) is 3.68. The second kappa shape index (κ2) is 12.5. The van der Waals surface area contributed by atoms with E-state index in [0.717, 1.165) is 23.2 Å². The summed E-state index contributed by atoms with van der Waals surface area (Å²) in [5, 5.41) is 5.15.